The van der Waals surface area contributed by atoms with Crippen molar-refractivity contribution in [2.75, 3.05) is 0 Å². The van der Waals surface area contributed by atoms with Crippen LogP contribution < -0.4 is 0 Å². The lowest BCUT2D eigenvalue weighted by Gasteiger charge is -2.26. The zero-order valence-electron chi connectivity index (χ0n) is 21.4. The maximum absolute atomic E-state index is 2.49. The quantitative estimate of drug-likeness (QED) is 0.219. The summed E-state index contributed by atoms with van der Waals surface area (Å²) in [4.78, 5) is 0. The summed E-state index contributed by atoms with van der Waals surface area (Å²) in [6.07, 6.45) is 17.1. The van der Waals surface area contributed by atoms with E-state index in [1.54, 1.807) is 0 Å². The third kappa shape index (κ3) is 3.20. The first-order valence-corrected chi connectivity index (χ1v) is 13.9. The summed E-state index contributed by atoms with van der Waals surface area (Å²) in [5, 5.41) is 5.30. The predicted octanol–water partition coefficient (Wildman–Crippen LogP) is 9.66. The number of benzene rings is 4. The number of hydrogen-bond acceptors (Lipinski definition) is 0. The van der Waals surface area contributed by atoms with E-state index < -0.39 is 0 Å². The van der Waals surface area contributed by atoms with Gasteiger partial charge in [0.2, 0.25) is 0 Å². The Bertz CT molecular complexity index is 1930. The molecular formula is C36H30N2. The van der Waals surface area contributed by atoms with Crippen LogP contribution in [0.5, 0.6) is 0 Å². The molecule has 0 amide bonds. The molecule has 2 aliphatic carbocycles. The number of fused-ring (bicyclic) bond motifs is 7. The summed E-state index contributed by atoms with van der Waals surface area (Å²) in [5.74, 6) is 1.29. The highest BCUT2D eigenvalue weighted by Crippen LogP contribution is 2.43. The number of aromatic nitrogens is 2. The van der Waals surface area contributed by atoms with Crippen molar-refractivity contribution in [2.45, 2.75) is 25.7 Å². The maximum atomic E-state index is 2.49. The molecule has 0 saturated heterocycles. The van der Waals surface area contributed by atoms with Crippen molar-refractivity contribution in [1.29, 1.82) is 0 Å². The van der Waals surface area contributed by atoms with E-state index in [0.717, 1.165) is 6.42 Å². The van der Waals surface area contributed by atoms with E-state index in [0.29, 0.717) is 11.8 Å². The van der Waals surface area contributed by atoms with Crippen LogP contribution in [0, 0.1) is 11.8 Å². The molecule has 6 aromatic rings. The van der Waals surface area contributed by atoms with Crippen LogP contribution in [0.2, 0.25) is 0 Å². The highest BCUT2D eigenvalue weighted by atomic mass is 15.0. The van der Waals surface area contributed by atoms with Gasteiger partial charge in [0, 0.05) is 32.9 Å². The molecule has 2 atom stereocenters. The van der Waals surface area contributed by atoms with E-state index in [2.05, 4.69) is 131 Å². The maximum Gasteiger partial charge on any atom is 0.0548 e. The number of para-hydroxylation sites is 3. The molecule has 2 aromatic heterocycles. The van der Waals surface area contributed by atoms with Crippen molar-refractivity contribution in [2.24, 2.45) is 11.8 Å². The Morgan fingerprint density at radius 1 is 0.579 bits per heavy atom. The number of nitrogens with zero attached hydrogens (tertiary/aromatic N) is 2. The Morgan fingerprint density at radius 2 is 1.24 bits per heavy atom. The number of hydrogen-bond donors (Lipinski definition) is 0. The van der Waals surface area contributed by atoms with Gasteiger partial charge in [0.05, 0.1) is 22.1 Å². The van der Waals surface area contributed by atoms with Crippen LogP contribution in [-0.2, 0) is 0 Å². The van der Waals surface area contributed by atoms with Gasteiger partial charge in [0.15, 0.2) is 0 Å². The Balaban J connectivity index is 1.39. The first-order chi connectivity index (χ1) is 18.9. The van der Waals surface area contributed by atoms with E-state index in [4.69, 9.17) is 0 Å². The topological polar surface area (TPSA) is 9.86 Å². The molecule has 0 N–H and O–H groups in total. The van der Waals surface area contributed by atoms with Crippen LogP contribution in [0.25, 0.3) is 55.0 Å². The van der Waals surface area contributed by atoms with Gasteiger partial charge < -0.3 is 9.13 Å². The van der Waals surface area contributed by atoms with Crippen molar-refractivity contribution in [3.63, 3.8) is 0 Å². The van der Waals surface area contributed by atoms with Gasteiger partial charge in [-0.05, 0) is 80.0 Å². The second kappa shape index (κ2) is 8.63. The van der Waals surface area contributed by atoms with Gasteiger partial charge in [0.25, 0.3) is 0 Å². The first-order valence-electron chi connectivity index (χ1n) is 13.9. The molecular weight excluding hydrogens is 460 g/mol. The Hall–Kier alpha value is -4.30. The molecule has 184 valence electrons. The highest BCUT2D eigenvalue weighted by Gasteiger charge is 2.23. The molecule has 0 spiro atoms. The Kier molecular flexibility index (Phi) is 4.94. The fourth-order valence-electron chi connectivity index (χ4n) is 6.96. The molecule has 0 fully saturated rings. The van der Waals surface area contributed by atoms with Crippen LogP contribution in [0.15, 0.2) is 121 Å². The van der Waals surface area contributed by atoms with Crippen LogP contribution in [0.1, 0.15) is 25.7 Å². The highest BCUT2D eigenvalue weighted by molar-refractivity contribution is 6.29. The number of rotatable bonds is 3. The normalized spacial score (nSPS) is 19.6. The van der Waals surface area contributed by atoms with Gasteiger partial charge in [0.1, 0.15) is 0 Å². The zero-order chi connectivity index (χ0) is 25.1. The van der Waals surface area contributed by atoms with E-state index >= 15 is 0 Å². The largest absolute Gasteiger partial charge is 0.310 e. The van der Waals surface area contributed by atoms with E-state index in [1.807, 2.05) is 0 Å². The molecule has 0 radical (unpaired) electrons. The van der Waals surface area contributed by atoms with Crippen molar-refractivity contribution >= 4 is 49.3 Å². The van der Waals surface area contributed by atoms with Crippen molar-refractivity contribution in [3.05, 3.63) is 121 Å². The molecule has 0 saturated carbocycles. The predicted molar refractivity (Wildman–Crippen MR) is 162 cm³/mol. The standard InChI is InChI=1S/C36H30N2/c1-3-11-25(12-4-1)26-19-21-28(22-20-26)38-32-18-10-8-16-30(32)36-34(38)24-23-33-35(36)29-15-7-9-17-31(29)37(33)27-13-5-2-6-14-27/h2-3,5-11,13-19,21-26H,1,4,12,20H2. The number of allylic oxidation sites excluding steroid dienone is 6. The average molecular weight is 491 g/mol. The molecule has 8 rings (SSSR count). The second-order valence-electron chi connectivity index (χ2n) is 10.8. The van der Waals surface area contributed by atoms with Gasteiger partial charge in [-0.15, -0.1) is 0 Å². The second-order valence-corrected chi connectivity index (χ2v) is 10.8. The van der Waals surface area contributed by atoms with E-state index in [-0.39, 0.29) is 0 Å². The molecule has 0 aliphatic heterocycles. The van der Waals surface area contributed by atoms with Crippen LogP contribution in [0.4, 0.5) is 0 Å². The molecule has 0 bridgehead atoms. The van der Waals surface area contributed by atoms with Crippen molar-refractivity contribution in [3.8, 4) is 5.69 Å². The minimum atomic E-state index is 0.610. The van der Waals surface area contributed by atoms with Crippen molar-refractivity contribution in [1.82, 2.24) is 9.13 Å². The van der Waals surface area contributed by atoms with Gasteiger partial charge >= 0.3 is 0 Å². The molecule has 2 nitrogen and oxygen atoms in total. The summed E-state index contributed by atoms with van der Waals surface area (Å²) in [6.45, 7) is 0. The summed E-state index contributed by atoms with van der Waals surface area (Å²) in [7, 11) is 0. The summed E-state index contributed by atoms with van der Waals surface area (Å²) in [6, 6.07) is 33.2. The van der Waals surface area contributed by atoms with E-state index in [1.165, 1.54) is 74.3 Å². The Labute approximate surface area is 222 Å². The van der Waals surface area contributed by atoms with Gasteiger partial charge in [-0.25, -0.2) is 0 Å². The summed E-state index contributed by atoms with van der Waals surface area (Å²) in [5.41, 5.74) is 7.55. The van der Waals surface area contributed by atoms with Crippen LogP contribution >= 0.6 is 0 Å². The van der Waals surface area contributed by atoms with Gasteiger partial charge in [-0.2, -0.15) is 0 Å². The SMILES string of the molecule is C1=CC(C2C=CC(n3c4ccccc4c4c5c6ccccc6n(-c6ccccc6)c5ccc43)=CC2)CCC1. The third-order valence-electron chi connectivity index (χ3n) is 8.70. The Morgan fingerprint density at radius 3 is 1.89 bits per heavy atom. The minimum absolute atomic E-state index is 0.610. The van der Waals surface area contributed by atoms with Gasteiger partial charge in [-0.1, -0.05) is 78.9 Å². The lowest BCUT2D eigenvalue weighted by atomic mass is 9.81. The van der Waals surface area contributed by atoms with Crippen LogP contribution in [-0.4, -0.2) is 9.13 Å². The molecule has 4 aromatic carbocycles. The van der Waals surface area contributed by atoms with E-state index in [9.17, 15) is 0 Å². The smallest absolute Gasteiger partial charge is 0.0548 e. The molecule has 2 unspecified atom stereocenters. The molecule has 38 heavy (non-hydrogen) atoms. The fourth-order valence-corrected chi connectivity index (χ4v) is 6.96. The molecule has 2 heteroatoms. The lowest BCUT2D eigenvalue weighted by molar-refractivity contribution is 0.421. The first kappa shape index (κ1) is 21.8. The lowest BCUT2D eigenvalue weighted by Crippen LogP contribution is -2.14. The summed E-state index contributed by atoms with van der Waals surface area (Å²) >= 11 is 0. The molecule has 2 heterocycles. The summed E-state index contributed by atoms with van der Waals surface area (Å²) < 4.78 is 4.90. The van der Waals surface area contributed by atoms with Gasteiger partial charge in [-0.3, -0.25) is 0 Å². The van der Waals surface area contributed by atoms with Crippen molar-refractivity contribution < 1.29 is 0 Å². The zero-order valence-corrected chi connectivity index (χ0v) is 21.4. The third-order valence-corrected chi connectivity index (χ3v) is 8.70. The monoisotopic (exact) mass is 490 g/mol. The van der Waals surface area contributed by atoms with Crippen LogP contribution in [0.3, 0.4) is 0 Å². The minimum Gasteiger partial charge on any atom is -0.310 e. The fraction of sp³-hybridized carbons (Fsp3) is 0.167. The average Bonchev–Trinajstić information content (AvgIpc) is 3.51. The molecule has 2 aliphatic rings.